The molecule has 0 fully saturated rings. The summed E-state index contributed by atoms with van der Waals surface area (Å²) in [5.41, 5.74) is 4.60. The zero-order chi connectivity index (χ0) is 15.6. The van der Waals surface area contributed by atoms with Gasteiger partial charge in [-0.25, -0.2) is 4.39 Å². The lowest BCUT2D eigenvalue weighted by atomic mass is 10.0. The fraction of sp³-hybridized carbons (Fsp3) is 0.0476. The van der Waals surface area contributed by atoms with E-state index in [1.165, 1.54) is 16.5 Å². The second-order valence-electron chi connectivity index (χ2n) is 6.13. The van der Waals surface area contributed by atoms with Crippen molar-refractivity contribution >= 4 is 38.1 Å². The molecule has 0 N–H and O–H groups in total. The van der Waals surface area contributed by atoms with Crippen LogP contribution >= 0.6 is 0 Å². The summed E-state index contributed by atoms with van der Waals surface area (Å²) in [7, 11) is 0. The van der Waals surface area contributed by atoms with Gasteiger partial charge in [-0.3, -0.25) is 0 Å². The topological polar surface area (TPSA) is 4.41 Å². The number of fused-ring (bicyclic) bond motifs is 8. The molecule has 0 aliphatic carbocycles. The van der Waals surface area contributed by atoms with Crippen LogP contribution < -0.4 is 0 Å². The molecule has 0 saturated heterocycles. The average Bonchev–Trinajstić information content (AvgIpc) is 2.94. The second-order valence-corrected chi connectivity index (χ2v) is 6.13. The minimum Gasteiger partial charge on any atom is -0.309 e. The van der Waals surface area contributed by atoms with Crippen LogP contribution in [0.2, 0.25) is 0 Å². The Bertz CT molecular complexity index is 1230. The molecule has 2 heteroatoms. The van der Waals surface area contributed by atoms with Crippen LogP contribution in [-0.4, -0.2) is 4.40 Å². The lowest BCUT2D eigenvalue weighted by Gasteiger charge is -2.11. The van der Waals surface area contributed by atoms with Crippen molar-refractivity contribution in [3.05, 3.63) is 78.1 Å². The van der Waals surface area contributed by atoms with E-state index in [-0.39, 0.29) is 5.82 Å². The molecule has 2 aromatic heterocycles. The number of halogens is 1. The van der Waals surface area contributed by atoms with Crippen LogP contribution in [0.5, 0.6) is 0 Å². The molecule has 23 heavy (non-hydrogen) atoms. The van der Waals surface area contributed by atoms with Gasteiger partial charge in [0.15, 0.2) is 0 Å². The first-order valence-corrected chi connectivity index (χ1v) is 7.74. The molecule has 5 aromatic rings. The molecule has 0 aliphatic heterocycles. The highest BCUT2D eigenvalue weighted by Crippen LogP contribution is 2.34. The summed E-state index contributed by atoms with van der Waals surface area (Å²) in [5.74, 6) is -0.194. The van der Waals surface area contributed by atoms with Gasteiger partial charge in [0.25, 0.3) is 0 Å². The van der Waals surface area contributed by atoms with Gasteiger partial charge in [-0.15, -0.1) is 0 Å². The number of hydrogen-bond acceptors (Lipinski definition) is 0. The fourth-order valence-electron chi connectivity index (χ4n) is 3.64. The Morgan fingerprint density at radius 3 is 2.48 bits per heavy atom. The summed E-state index contributed by atoms with van der Waals surface area (Å²) in [6.45, 7) is 2.07. The molecule has 0 amide bonds. The van der Waals surface area contributed by atoms with Gasteiger partial charge in [0.2, 0.25) is 0 Å². The van der Waals surface area contributed by atoms with Gasteiger partial charge in [0, 0.05) is 16.2 Å². The highest BCUT2D eigenvalue weighted by molar-refractivity contribution is 6.15. The number of para-hydroxylation sites is 1. The lowest BCUT2D eigenvalue weighted by Crippen LogP contribution is -1.92. The monoisotopic (exact) mass is 299 g/mol. The molecule has 3 aromatic carbocycles. The highest BCUT2D eigenvalue weighted by atomic mass is 19.1. The molecular formula is C21H14FN. The molecule has 0 atom stereocenters. The fourth-order valence-corrected chi connectivity index (χ4v) is 3.64. The Morgan fingerprint density at radius 1 is 0.696 bits per heavy atom. The predicted octanol–water partition coefficient (Wildman–Crippen LogP) is 5.85. The number of benzene rings is 3. The van der Waals surface area contributed by atoms with Gasteiger partial charge in [0.05, 0.1) is 16.6 Å². The van der Waals surface area contributed by atoms with Gasteiger partial charge in [-0.1, -0.05) is 29.8 Å². The van der Waals surface area contributed by atoms with Gasteiger partial charge in [-0.2, -0.15) is 0 Å². The van der Waals surface area contributed by atoms with E-state index in [0.29, 0.717) is 0 Å². The van der Waals surface area contributed by atoms with Gasteiger partial charge in [0.1, 0.15) is 5.82 Å². The molecule has 0 spiro atoms. The first-order chi connectivity index (χ1) is 11.2. The maximum atomic E-state index is 13.9. The van der Waals surface area contributed by atoms with Crippen molar-refractivity contribution in [2.75, 3.05) is 0 Å². The number of aromatic nitrogens is 1. The minimum absolute atomic E-state index is 0.194. The standard InChI is InChI=1S/C21H14FN/c1-13-6-9-20-18(10-13)17-12-15(22)7-8-16(17)21-11-14-4-2-3-5-19(14)23(20)21/h2-12H,1H3. The summed E-state index contributed by atoms with van der Waals surface area (Å²) in [4.78, 5) is 0. The normalized spacial score (nSPS) is 11.9. The van der Waals surface area contributed by atoms with Gasteiger partial charge in [-0.05, 0) is 54.8 Å². The third-order valence-corrected chi connectivity index (χ3v) is 4.65. The Balaban J connectivity index is 2.20. The maximum Gasteiger partial charge on any atom is 0.123 e. The third kappa shape index (κ3) is 1.66. The van der Waals surface area contributed by atoms with Crippen LogP contribution in [0, 0.1) is 12.7 Å². The van der Waals surface area contributed by atoms with E-state index in [0.717, 1.165) is 27.2 Å². The molecule has 1 nitrogen and oxygen atoms in total. The van der Waals surface area contributed by atoms with Crippen LogP contribution in [0.4, 0.5) is 4.39 Å². The van der Waals surface area contributed by atoms with E-state index < -0.39 is 0 Å². The zero-order valence-corrected chi connectivity index (χ0v) is 12.7. The van der Waals surface area contributed by atoms with Gasteiger partial charge >= 0.3 is 0 Å². The third-order valence-electron chi connectivity index (χ3n) is 4.65. The van der Waals surface area contributed by atoms with Crippen molar-refractivity contribution in [2.24, 2.45) is 0 Å². The molecule has 0 saturated carbocycles. The second kappa shape index (κ2) is 4.32. The number of hydrogen-bond donors (Lipinski definition) is 0. The Labute approximate surface area is 132 Å². The number of aryl methyl sites for hydroxylation is 1. The van der Waals surface area contributed by atoms with Crippen molar-refractivity contribution in [3.63, 3.8) is 0 Å². The van der Waals surface area contributed by atoms with E-state index in [1.54, 1.807) is 12.1 Å². The molecule has 5 rings (SSSR count). The average molecular weight is 299 g/mol. The van der Waals surface area contributed by atoms with E-state index >= 15 is 0 Å². The number of pyridine rings is 1. The molecule has 0 unspecified atom stereocenters. The van der Waals surface area contributed by atoms with E-state index in [2.05, 4.69) is 59.9 Å². The maximum absolute atomic E-state index is 13.9. The van der Waals surface area contributed by atoms with Crippen LogP contribution in [-0.2, 0) is 0 Å². The lowest BCUT2D eigenvalue weighted by molar-refractivity contribution is 0.630. The molecular weight excluding hydrogens is 285 g/mol. The van der Waals surface area contributed by atoms with E-state index in [4.69, 9.17) is 0 Å². The van der Waals surface area contributed by atoms with Crippen molar-refractivity contribution in [1.29, 1.82) is 0 Å². The Morgan fingerprint density at radius 2 is 1.57 bits per heavy atom. The minimum atomic E-state index is -0.194. The van der Waals surface area contributed by atoms with Crippen LogP contribution in [0.25, 0.3) is 38.1 Å². The summed E-state index contributed by atoms with van der Waals surface area (Å²) in [6, 6.07) is 22.0. The van der Waals surface area contributed by atoms with Gasteiger partial charge < -0.3 is 4.40 Å². The molecule has 0 aliphatic rings. The smallest absolute Gasteiger partial charge is 0.123 e. The van der Waals surface area contributed by atoms with Crippen molar-refractivity contribution < 1.29 is 4.39 Å². The summed E-state index contributed by atoms with van der Waals surface area (Å²) >= 11 is 0. The number of rotatable bonds is 0. The Hall–Kier alpha value is -2.87. The summed E-state index contributed by atoms with van der Waals surface area (Å²) in [6.07, 6.45) is 0. The SMILES string of the molecule is Cc1ccc2c(c1)c1cc(F)ccc1c1cc3ccccc3n21. The van der Waals surface area contributed by atoms with Crippen LogP contribution in [0.3, 0.4) is 0 Å². The predicted molar refractivity (Wildman–Crippen MR) is 94.6 cm³/mol. The van der Waals surface area contributed by atoms with Crippen molar-refractivity contribution in [1.82, 2.24) is 4.40 Å². The first kappa shape index (κ1) is 12.7. The molecule has 2 heterocycles. The summed E-state index contributed by atoms with van der Waals surface area (Å²) in [5, 5.41) is 4.35. The van der Waals surface area contributed by atoms with Crippen LogP contribution in [0.1, 0.15) is 5.56 Å². The van der Waals surface area contributed by atoms with Crippen molar-refractivity contribution in [3.8, 4) is 0 Å². The van der Waals surface area contributed by atoms with Crippen LogP contribution in [0.15, 0.2) is 66.7 Å². The highest BCUT2D eigenvalue weighted by Gasteiger charge is 2.12. The first-order valence-electron chi connectivity index (χ1n) is 7.74. The van der Waals surface area contributed by atoms with E-state index in [9.17, 15) is 4.39 Å². The van der Waals surface area contributed by atoms with Crippen molar-refractivity contribution in [2.45, 2.75) is 6.92 Å². The zero-order valence-electron chi connectivity index (χ0n) is 12.7. The molecule has 0 bridgehead atoms. The quantitative estimate of drug-likeness (QED) is 0.316. The molecule has 110 valence electrons. The largest absolute Gasteiger partial charge is 0.309 e. The molecule has 0 radical (unpaired) electrons. The Kier molecular flexibility index (Phi) is 2.38. The van der Waals surface area contributed by atoms with E-state index in [1.807, 2.05) is 6.07 Å². The summed E-state index contributed by atoms with van der Waals surface area (Å²) < 4.78 is 16.1. The number of nitrogens with zero attached hydrogens (tertiary/aromatic N) is 1.